The number of nitrogens with one attached hydrogen (secondary N) is 1. The van der Waals surface area contributed by atoms with Gasteiger partial charge < -0.3 is 15.5 Å². The van der Waals surface area contributed by atoms with Gasteiger partial charge in [0.15, 0.2) is 0 Å². The van der Waals surface area contributed by atoms with E-state index < -0.39 is 18.0 Å². The van der Waals surface area contributed by atoms with Crippen LogP contribution in [0.4, 0.5) is 5.95 Å². The molecular formula is C8H9N3O4. The van der Waals surface area contributed by atoms with Crippen LogP contribution in [0.15, 0.2) is 12.4 Å². The molecule has 3 N–H and O–H groups in total. The molecule has 1 aromatic rings. The van der Waals surface area contributed by atoms with Crippen molar-refractivity contribution in [3.8, 4) is 0 Å². The van der Waals surface area contributed by atoms with Crippen LogP contribution < -0.4 is 5.32 Å². The van der Waals surface area contributed by atoms with Crippen LogP contribution >= 0.6 is 0 Å². The van der Waals surface area contributed by atoms with Crippen molar-refractivity contribution >= 4 is 17.9 Å². The molecule has 0 aromatic carbocycles. The lowest BCUT2D eigenvalue weighted by Crippen LogP contribution is -2.37. The highest BCUT2D eigenvalue weighted by atomic mass is 16.4. The average Bonchev–Trinajstić information content (AvgIpc) is 2.15. The topological polar surface area (TPSA) is 112 Å². The van der Waals surface area contributed by atoms with Gasteiger partial charge in [-0.05, 0) is 12.5 Å². The maximum atomic E-state index is 10.5. The number of hydrogen-bond donors (Lipinski definition) is 3. The van der Waals surface area contributed by atoms with E-state index in [0.29, 0.717) is 0 Å². The highest BCUT2D eigenvalue weighted by molar-refractivity contribution is 5.99. The molecule has 15 heavy (non-hydrogen) atoms. The van der Waals surface area contributed by atoms with Gasteiger partial charge in [-0.2, -0.15) is 0 Å². The molecule has 0 amide bonds. The predicted molar refractivity (Wildman–Crippen MR) is 49.5 cm³/mol. The van der Waals surface area contributed by atoms with Gasteiger partial charge in [0.1, 0.15) is 0 Å². The van der Waals surface area contributed by atoms with Crippen molar-refractivity contribution in [1.82, 2.24) is 9.97 Å². The van der Waals surface area contributed by atoms with E-state index in [4.69, 9.17) is 10.2 Å². The number of anilines is 1. The first-order valence-corrected chi connectivity index (χ1v) is 4.01. The summed E-state index contributed by atoms with van der Waals surface area (Å²) in [5, 5.41) is 19.3. The predicted octanol–water partition coefficient (Wildman–Crippen LogP) is -0.265. The fraction of sp³-hybridized carbons (Fsp3) is 0.250. The number of carboxylic acids is 2. The fourth-order valence-electron chi connectivity index (χ4n) is 0.825. The lowest BCUT2D eigenvalue weighted by Gasteiger charge is -2.09. The highest BCUT2D eigenvalue weighted by Gasteiger charge is 2.26. The fourth-order valence-corrected chi connectivity index (χ4v) is 0.825. The number of aromatic nitrogens is 2. The summed E-state index contributed by atoms with van der Waals surface area (Å²) in [7, 11) is 0. The van der Waals surface area contributed by atoms with E-state index in [1.165, 1.54) is 12.4 Å². The summed E-state index contributed by atoms with van der Waals surface area (Å²) in [5.74, 6) is -3.02. The molecule has 0 aliphatic rings. The molecule has 1 aromatic heterocycles. The van der Waals surface area contributed by atoms with Crippen LogP contribution in [-0.4, -0.2) is 38.2 Å². The van der Waals surface area contributed by atoms with Gasteiger partial charge in [0.25, 0.3) is 0 Å². The standard InChI is InChI=1S/C8H9N3O4/c1-4-2-9-8(10-3-4)11-5(6(12)13)7(14)15/h2-3,5H,1H3,(H,12,13)(H,14,15)(H,9,10,11). The Balaban J connectivity index is 2.79. The summed E-state index contributed by atoms with van der Waals surface area (Å²) in [4.78, 5) is 28.5. The largest absolute Gasteiger partial charge is 0.479 e. The molecule has 0 saturated carbocycles. The number of nitrogens with zero attached hydrogens (tertiary/aromatic N) is 2. The van der Waals surface area contributed by atoms with Crippen LogP contribution in [-0.2, 0) is 9.59 Å². The Morgan fingerprint density at radius 3 is 2.13 bits per heavy atom. The molecule has 0 radical (unpaired) electrons. The normalized spacial score (nSPS) is 10.0. The van der Waals surface area contributed by atoms with Gasteiger partial charge in [0.2, 0.25) is 12.0 Å². The average molecular weight is 211 g/mol. The molecule has 0 saturated heterocycles. The van der Waals surface area contributed by atoms with Crippen molar-refractivity contribution in [3.05, 3.63) is 18.0 Å². The van der Waals surface area contributed by atoms with E-state index in [9.17, 15) is 9.59 Å². The summed E-state index contributed by atoms with van der Waals surface area (Å²) < 4.78 is 0. The third kappa shape index (κ3) is 2.90. The summed E-state index contributed by atoms with van der Waals surface area (Å²) in [6.45, 7) is 1.76. The molecule has 0 fully saturated rings. The number of aryl methyl sites for hydroxylation is 1. The molecule has 1 rings (SSSR count). The van der Waals surface area contributed by atoms with Crippen LogP contribution in [0.3, 0.4) is 0 Å². The maximum absolute atomic E-state index is 10.5. The Hall–Kier alpha value is -2.18. The quantitative estimate of drug-likeness (QED) is 0.588. The minimum atomic E-state index is -1.74. The minimum Gasteiger partial charge on any atom is -0.479 e. The molecule has 7 nitrogen and oxygen atoms in total. The van der Waals surface area contributed by atoms with Crippen LogP contribution in [0.25, 0.3) is 0 Å². The van der Waals surface area contributed by atoms with Gasteiger partial charge in [-0.25, -0.2) is 19.6 Å². The van der Waals surface area contributed by atoms with Gasteiger partial charge >= 0.3 is 11.9 Å². The van der Waals surface area contributed by atoms with Crippen LogP contribution in [0.5, 0.6) is 0 Å². The molecule has 80 valence electrons. The molecule has 0 aliphatic heterocycles. The Kier molecular flexibility index (Phi) is 3.17. The summed E-state index contributed by atoms with van der Waals surface area (Å²) in [6, 6.07) is -1.74. The van der Waals surface area contributed by atoms with E-state index in [1.807, 2.05) is 0 Å². The van der Waals surface area contributed by atoms with Gasteiger partial charge in [-0.1, -0.05) is 0 Å². The molecular weight excluding hydrogens is 202 g/mol. The Labute approximate surface area is 84.8 Å². The molecule has 1 heterocycles. The van der Waals surface area contributed by atoms with Crippen molar-refractivity contribution in [1.29, 1.82) is 0 Å². The molecule has 0 unspecified atom stereocenters. The zero-order valence-corrected chi connectivity index (χ0v) is 7.84. The maximum Gasteiger partial charge on any atom is 0.338 e. The SMILES string of the molecule is Cc1cnc(NC(C(=O)O)C(=O)O)nc1. The van der Waals surface area contributed by atoms with Gasteiger partial charge in [0, 0.05) is 12.4 Å². The van der Waals surface area contributed by atoms with Crippen molar-refractivity contribution in [2.24, 2.45) is 0 Å². The summed E-state index contributed by atoms with van der Waals surface area (Å²) >= 11 is 0. The summed E-state index contributed by atoms with van der Waals surface area (Å²) in [5.41, 5.74) is 0.794. The first kappa shape index (κ1) is 10.9. The second kappa shape index (κ2) is 4.36. The van der Waals surface area contributed by atoms with Gasteiger partial charge in [0.05, 0.1) is 0 Å². The third-order valence-electron chi connectivity index (χ3n) is 1.55. The molecule has 0 aliphatic carbocycles. The highest BCUT2D eigenvalue weighted by Crippen LogP contribution is 2.01. The second-order valence-corrected chi connectivity index (χ2v) is 2.84. The number of hydrogen-bond acceptors (Lipinski definition) is 5. The van der Waals surface area contributed by atoms with Crippen LogP contribution in [0, 0.1) is 6.92 Å². The summed E-state index contributed by atoms with van der Waals surface area (Å²) in [6.07, 6.45) is 2.91. The van der Waals surface area contributed by atoms with Crippen LogP contribution in [0.2, 0.25) is 0 Å². The zero-order chi connectivity index (χ0) is 11.4. The Morgan fingerprint density at radius 2 is 1.73 bits per heavy atom. The second-order valence-electron chi connectivity index (χ2n) is 2.84. The van der Waals surface area contributed by atoms with Crippen LogP contribution in [0.1, 0.15) is 5.56 Å². The van der Waals surface area contributed by atoms with E-state index in [0.717, 1.165) is 5.56 Å². The first-order valence-electron chi connectivity index (χ1n) is 4.01. The van der Waals surface area contributed by atoms with E-state index in [1.54, 1.807) is 6.92 Å². The number of carbonyl (C=O) groups is 2. The smallest absolute Gasteiger partial charge is 0.338 e. The van der Waals surface area contributed by atoms with Gasteiger partial charge in [-0.3, -0.25) is 0 Å². The number of carboxylic acid groups (broad SMARTS) is 2. The van der Waals surface area contributed by atoms with Crippen molar-refractivity contribution in [2.45, 2.75) is 13.0 Å². The lowest BCUT2D eigenvalue weighted by atomic mass is 10.3. The third-order valence-corrected chi connectivity index (χ3v) is 1.55. The van der Waals surface area contributed by atoms with Crippen molar-refractivity contribution in [2.75, 3.05) is 5.32 Å². The number of rotatable bonds is 4. The number of aliphatic carboxylic acids is 2. The minimum absolute atomic E-state index is 0.0320. The molecule has 0 bridgehead atoms. The van der Waals surface area contributed by atoms with E-state index in [2.05, 4.69) is 15.3 Å². The molecule has 0 atom stereocenters. The van der Waals surface area contributed by atoms with E-state index >= 15 is 0 Å². The molecule has 0 spiro atoms. The van der Waals surface area contributed by atoms with E-state index in [-0.39, 0.29) is 5.95 Å². The van der Waals surface area contributed by atoms with Crippen molar-refractivity contribution < 1.29 is 19.8 Å². The van der Waals surface area contributed by atoms with Crippen molar-refractivity contribution in [3.63, 3.8) is 0 Å². The molecule has 7 heteroatoms. The lowest BCUT2D eigenvalue weighted by molar-refractivity contribution is -0.148. The Bertz CT molecular complexity index is 362. The monoisotopic (exact) mass is 211 g/mol. The van der Waals surface area contributed by atoms with Gasteiger partial charge in [-0.15, -0.1) is 0 Å². The first-order chi connectivity index (χ1) is 7.00. The Morgan fingerprint density at radius 1 is 1.27 bits per heavy atom. The zero-order valence-electron chi connectivity index (χ0n) is 7.84.